The largest absolute Gasteiger partial charge is 0.500 e. The topological polar surface area (TPSA) is 95.4 Å². The Morgan fingerprint density at radius 1 is 0.762 bits per heavy atom. The Bertz CT molecular complexity index is 2080. The zero-order valence-corrected chi connectivity index (χ0v) is 24.0. The van der Waals surface area contributed by atoms with Gasteiger partial charge in [-0.25, -0.2) is 4.39 Å². The number of aromatic nitrogens is 7. The summed E-state index contributed by atoms with van der Waals surface area (Å²) in [6, 6.07) is 37.8. The van der Waals surface area contributed by atoms with Gasteiger partial charge in [0.05, 0.1) is 11.4 Å². The van der Waals surface area contributed by atoms with Gasteiger partial charge >= 0.3 is 0 Å². The Balaban J connectivity index is 0.000000205. The molecule has 10 heteroatoms. The number of hydrogen-bond donors (Lipinski definition) is 0. The number of hydrogen-bond acceptors (Lipinski definition) is 7. The molecule has 4 aromatic heterocycles. The van der Waals surface area contributed by atoms with Gasteiger partial charge < -0.3 is 14.0 Å². The third-order valence-electron chi connectivity index (χ3n) is 6.44. The van der Waals surface area contributed by atoms with Crippen LogP contribution >= 0.6 is 0 Å². The minimum Gasteiger partial charge on any atom is -0.500 e. The third kappa shape index (κ3) is 5.05. The van der Waals surface area contributed by atoms with Crippen LogP contribution in [-0.2, 0) is 20.1 Å². The first-order valence-corrected chi connectivity index (χ1v) is 12.7. The van der Waals surface area contributed by atoms with Crippen LogP contribution in [0.25, 0.3) is 61.6 Å². The van der Waals surface area contributed by atoms with E-state index >= 15 is 0 Å². The van der Waals surface area contributed by atoms with E-state index < -0.39 is 0 Å². The molecule has 0 saturated heterocycles. The van der Waals surface area contributed by atoms with Crippen LogP contribution in [0.4, 0.5) is 4.39 Å². The molecule has 0 N–H and O–H groups in total. The molecule has 4 aromatic carbocycles. The van der Waals surface area contributed by atoms with E-state index in [9.17, 15) is 4.39 Å². The van der Waals surface area contributed by atoms with Crippen LogP contribution in [0.5, 0.6) is 0 Å². The number of pyridine rings is 1. The Hall–Kier alpha value is -5.18. The first-order valence-electron chi connectivity index (χ1n) is 12.7. The van der Waals surface area contributed by atoms with Crippen LogP contribution < -0.4 is 0 Å². The standard InChI is InChI=1S/C21H10FN6O.C11H8N.Ir/c22-12-9-10-14-15-7-4-8-16(18(15)29-17(14)11-12)20-23-19-21(25-27-26-24-19)28(20)13-5-2-1-3-6-13;1-2-6-10(7-3-1)11-8-4-5-9-12-11;/h1-7,9-11H;1-6,8-9H;/q2*-1;. The first kappa shape index (κ1) is 27.0. The Kier molecular flexibility index (Phi) is 7.55. The second-order valence-electron chi connectivity index (χ2n) is 8.96. The Morgan fingerprint density at radius 2 is 1.60 bits per heavy atom. The number of benzene rings is 4. The summed E-state index contributed by atoms with van der Waals surface area (Å²) in [6.07, 6.45) is 1.79. The van der Waals surface area contributed by atoms with Gasteiger partial charge in [0, 0.05) is 43.4 Å². The molecule has 8 rings (SSSR count). The van der Waals surface area contributed by atoms with Crippen molar-refractivity contribution in [1.29, 1.82) is 0 Å². The average Bonchev–Trinajstić information content (AvgIpc) is 3.61. The molecule has 0 saturated carbocycles. The van der Waals surface area contributed by atoms with Gasteiger partial charge in [-0.15, -0.1) is 64.3 Å². The summed E-state index contributed by atoms with van der Waals surface area (Å²) in [6.45, 7) is 0. The molecule has 42 heavy (non-hydrogen) atoms. The number of halogens is 1. The van der Waals surface area contributed by atoms with E-state index in [1.165, 1.54) is 12.1 Å². The quantitative estimate of drug-likeness (QED) is 0.188. The van der Waals surface area contributed by atoms with Crippen LogP contribution in [0, 0.1) is 17.9 Å². The summed E-state index contributed by atoms with van der Waals surface area (Å²) >= 11 is 0. The molecule has 4 heterocycles. The number of rotatable bonds is 3. The molecule has 8 aromatic rings. The molecule has 0 atom stereocenters. The fourth-order valence-corrected chi connectivity index (χ4v) is 4.63. The molecule has 8 nitrogen and oxygen atoms in total. The number of para-hydroxylation sites is 1. The Morgan fingerprint density at radius 3 is 2.40 bits per heavy atom. The minimum atomic E-state index is -0.357. The Labute approximate surface area is 252 Å². The number of furan rings is 1. The van der Waals surface area contributed by atoms with Crippen LogP contribution in [0.2, 0.25) is 0 Å². The van der Waals surface area contributed by atoms with Gasteiger partial charge in [-0.05, 0) is 46.5 Å². The van der Waals surface area contributed by atoms with Crippen molar-refractivity contribution in [2.45, 2.75) is 0 Å². The minimum absolute atomic E-state index is 0. The van der Waals surface area contributed by atoms with E-state index in [0.717, 1.165) is 27.7 Å². The average molecular weight is 728 g/mol. The third-order valence-corrected chi connectivity index (χ3v) is 6.44. The maximum Gasteiger partial charge on any atom is 0.214 e. The smallest absolute Gasteiger partial charge is 0.214 e. The van der Waals surface area contributed by atoms with E-state index in [0.29, 0.717) is 33.8 Å². The van der Waals surface area contributed by atoms with Gasteiger partial charge in [-0.2, -0.15) is 0 Å². The van der Waals surface area contributed by atoms with Crippen molar-refractivity contribution in [3.63, 3.8) is 0 Å². The van der Waals surface area contributed by atoms with Crippen LogP contribution in [-0.4, -0.2) is 35.2 Å². The monoisotopic (exact) mass is 728 g/mol. The van der Waals surface area contributed by atoms with Gasteiger partial charge in [0.25, 0.3) is 0 Å². The van der Waals surface area contributed by atoms with Crippen LogP contribution in [0.3, 0.4) is 0 Å². The van der Waals surface area contributed by atoms with E-state index in [1.807, 2.05) is 83.4 Å². The zero-order chi connectivity index (χ0) is 27.6. The molecule has 0 aliphatic carbocycles. The SMILES string of the molecule is Fc1ccc2c(c1)oc1c(-c3nc4nnnnc4n3-c3ccccc3)[c-]ccc12.[Ir].[c-]1ccccc1-c1ccccn1. The van der Waals surface area contributed by atoms with Gasteiger partial charge in [0.1, 0.15) is 11.4 Å². The molecule has 0 spiro atoms. The summed E-state index contributed by atoms with van der Waals surface area (Å²) < 4.78 is 21.5. The summed E-state index contributed by atoms with van der Waals surface area (Å²) in [7, 11) is 0. The van der Waals surface area contributed by atoms with Crippen molar-refractivity contribution >= 4 is 33.2 Å². The van der Waals surface area contributed by atoms with Crippen molar-refractivity contribution in [2.75, 3.05) is 0 Å². The normalized spacial score (nSPS) is 10.8. The van der Waals surface area contributed by atoms with Crippen molar-refractivity contribution in [3.8, 4) is 28.3 Å². The molecule has 0 bridgehead atoms. The van der Waals surface area contributed by atoms with E-state index in [1.54, 1.807) is 18.3 Å². The number of nitrogens with zero attached hydrogens (tertiary/aromatic N) is 7. The van der Waals surface area contributed by atoms with E-state index in [4.69, 9.17) is 4.42 Å². The van der Waals surface area contributed by atoms with Gasteiger partial charge in [0.15, 0.2) is 0 Å². The molecule has 0 unspecified atom stereocenters. The van der Waals surface area contributed by atoms with E-state index in [-0.39, 0.29) is 25.9 Å². The molecule has 0 fully saturated rings. The second kappa shape index (κ2) is 11.7. The van der Waals surface area contributed by atoms with Crippen molar-refractivity contribution in [3.05, 3.63) is 127 Å². The number of imidazole rings is 1. The summed E-state index contributed by atoms with van der Waals surface area (Å²) in [5.41, 5.74) is 5.29. The predicted octanol–water partition coefficient (Wildman–Crippen LogP) is 6.66. The second-order valence-corrected chi connectivity index (χ2v) is 8.96. The first-order chi connectivity index (χ1) is 20.3. The molecule has 1 radical (unpaired) electrons. The molecule has 205 valence electrons. The van der Waals surface area contributed by atoms with Crippen molar-refractivity contribution in [1.82, 2.24) is 35.2 Å². The predicted molar refractivity (Wildman–Crippen MR) is 152 cm³/mol. The van der Waals surface area contributed by atoms with Crippen LogP contribution in [0.15, 0.2) is 114 Å². The number of fused-ring (bicyclic) bond motifs is 4. The molecule has 0 amide bonds. The molecule has 0 aliphatic heterocycles. The molecular weight excluding hydrogens is 710 g/mol. The van der Waals surface area contributed by atoms with Crippen molar-refractivity contribution < 1.29 is 28.9 Å². The fourth-order valence-electron chi connectivity index (χ4n) is 4.63. The maximum atomic E-state index is 13.7. The zero-order valence-electron chi connectivity index (χ0n) is 21.6. The molecular formula is C32H18FIrN7O-2. The molecule has 0 aliphatic rings. The summed E-state index contributed by atoms with van der Waals surface area (Å²) in [5.74, 6) is 0.176. The van der Waals surface area contributed by atoms with Gasteiger partial charge in [0.2, 0.25) is 11.3 Å². The van der Waals surface area contributed by atoms with Gasteiger partial charge in [-0.3, -0.25) is 4.98 Å². The summed E-state index contributed by atoms with van der Waals surface area (Å²) in [4.78, 5) is 8.84. The fraction of sp³-hybridized carbons (Fsp3) is 0. The van der Waals surface area contributed by atoms with Crippen molar-refractivity contribution in [2.24, 2.45) is 0 Å². The maximum absolute atomic E-state index is 13.7. The van der Waals surface area contributed by atoms with E-state index in [2.05, 4.69) is 42.7 Å². The summed E-state index contributed by atoms with van der Waals surface area (Å²) in [5, 5.41) is 17.0. The van der Waals surface area contributed by atoms with Crippen LogP contribution in [0.1, 0.15) is 0 Å². The van der Waals surface area contributed by atoms with Gasteiger partial charge in [-0.1, -0.05) is 41.3 Å².